The van der Waals surface area contributed by atoms with Gasteiger partial charge in [-0.05, 0) is 54.3 Å². The lowest BCUT2D eigenvalue weighted by Crippen LogP contribution is -2.39. The van der Waals surface area contributed by atoms with E-state index in [1.165, 1.54) is 6.20 Å². The Morgan fingerprint density at radius 2 is 2.00 bits per heavy atom. The molecule has 7 heteroatoms. The topological polar surface area (TPSA) is 50.5 Å². The number of hydrogen-bond acceptors (Lipinski definition) is 3. The van der Waals surface area contributed by atoms with Crippen molar-refractivity contribution in [3.63, 3.8) is 0 Å². The molecular formula is C23H20BFN4O. The number of rotatable bonds is 2. The standard InChI is InChI=1S/C23H20BFN4O/c1-14-17-4-2-5-18(20-6-3-10-26-22(20)25)19(17)9-11-28(14)23(30)21-12-16-8-7-15(24)13-29(16)27-21/h2-8,10,12-14H,9,11,24H2,1H3. The molecule has 0 fully saturated rings. The molecule has 1 aliphatic rings. The summed E-state index contributed by atoms with van der Waals surface area (Å²) in [6.45, 7) is 2.57. The van der Waals surface area contributed by atoms with Crippen molar-refractivity contribution in [3.05, 3.63) is 83.7 Å². The monoisotopic (exact) mass is 398 g/mol. The number of hydrogen-bond donors (Lipinski definition) is 0. The molecule has 4 heterocycles. The molecule has 0 bridgehead atoms. The van der Waals surface area contributed by atoms with E-state index in [9.17, 15) is 9.18 Å². The van der Waals surface area contributed by atoms with Crippen LogP contribution in [0.25, 0.3) is 16.6 Å². The van der Waals surface area contributed by atoms with Crippen LogP contribution in [0.15, 0.2) is 60.9 Å². The van der Waals surface area contributed by atoms with Crippen LogP contribution in [-0.4, -0.2) is 39.8 Å². The summed E-state index contributed by atoms with van der Waals surface area (Å²) in [5.74, 6) is -0.565. The fraction of sp³-hybridized carbons (Fsp3) is 0.174. The molecule has 5 rings (SSSR count). The van der Waals surface area contributed by atoms with E-state index in [1.54, 1.807) is 16.6 Å². The van der Waals surface area contributed by atoms with E-state index in [0.717, 1.165) is 27.7 Å². The average Bonchev–Trinajstić information content (AvgIpc) is 3.17. The van der Waals surface area contributed by atoms with Gasteiger partial charge in [0.1, 0.15) is 7.85 Å². The molecule has 1 aromatic carbocycles. The van der Waals surface area contributed by atoms with Gasteiger partial charge in [-0.2, -0.15) is 9.49 Å². The van der Waals surface area contributed by atoms with Crippen LogP contribution in [0.4, 0.5) is 4.39 Å². The van der Waals surface area contributed by atoms with Gasteiger partial charge in [-0.1, -0.05) is 29.7 Å². The second-order valence-corrected chi connectivity index (χ2v) is 7.75. The highest BCUT2D eigenvalue weighted by Crippen LogP contribution is 2.36. The minimum atomic E-state index is -0.475. The molecule has 0 N–H and O–H groups in total. The van der Waals surface area contributed by atoms with Gasteiger partial charge in [0.2, 0.25) is 5.95 Å². The van der Waals surface area contributed by atoms with E-state index in [0.29, 0.717) is 24.2 Å². The number of benzene rings is 1. The Balaban J connectivity index is 1.50. The van der Waals surface area contributed by atoms with E-state index in [2.05, 4.69) is 10.1 Å². The van der Waals surface area contributed by atoms with Crippen LogP contribution < -0.4 is 5.46 Å². The second-order valence-electron chi connectivity index (χ2n) is 7.75. The van der Waals surface area contributed by atoms with Crippen LogP contribution in [0.5, 0.6) is 0 Å². The molecule has 1 amide bonds. The Kier molecular flexibility index (Phi) is 4.38. The number of aromatic nitrogens is 3. The van der Waals surface area contributed by atoms with E-state index < -0.39 is 5.95 Å². The number of carbonyl (C=O) groups is 1. The first kappa shape index (κ1) is 18.5. The Labute approximate surface area is 174 Å². The summed E-state index contributed by atoms with van der Waals surface area (Å²) in [7, 11) is 1.99. The predicted molar refractivity (Wildman–Crippen MR) is 116 cm³/mol. The van der Waals surface area contributed by atoms with Crippen molar-refractivity contribution >= 4 is 24.7 Å². The first-order valence-electron chi connectivity index (χ1n) is 10.0. The van der Waals surface area contributed by atoms with Crippen LogP contribution in [0, 0.1) is 5.95 Å². The van der Waals surface area contributed by atoms with Crippen molar-refractivity contribution in [2.75, 3.05) is 6.54 Å². The molecule has 1 aliphatic heterocycles. The maximum absolute atomic E-state index is 14.3. The lowest BCUT2D eigenvalue weighted by atomic mass is 9.87. The van der Waals surface area contributed by atoms with Gasteiger partial charge in [-0.3, -0.25) is 4.79 Å². The molecule has 1 atom stereocenters. The number of pyridine rings is 2. The quantitative estimate of drug-likeness (QED) is 0.385. The normalized spacial score (nSPS) is 15.9. The third-order valence-electron chi connectivity index (χ3n) is 5.87. The van der Waals surface area contributed by atoms with Gasteiger partial charge < -0.3 is 4.90 Å². The van der Waals surface area contributed by atoms with Gasteiger partial charge in [0.15, 0.2) is 5.69 Å². The van der Waals surface area contributed by atoms with E-state index in [4.69, 9.17) is 0 Å². The lowest BCUT2D eigenvalue weighted by molar-refractivity contribution is 0.0671. The van der Waals surface area contributed by atoms with Gasteiger partial charge in [0.25, 0.3) is 5.91 Å². The van der Waals surface area contributed by atoms with Gasteiger partial charge in [0, 0.05) is 24.5 Å². The van der Waals surface area contributed by atoms with Crippen LogP contribution >= 0.6 is 0 Å². The summed E-state index contributed by atoms with van der Waals surface area (Å²) < 4.78 is 16.1. The van der Waals surface area contributed by atoms with E-state index in [1.807, 2.05) is 62.3 Å². The van der Waals surface area contributed by atoms with Gasteiger partial charge in [0.05, 0.1) is 11.6 Å². The number of fused-ring (bicyclic) bond motifs is 2. The third-order valence-corrected chi connectivity index (χ3v) is 5.87. The van der Waals surface area contributed by atoms with Crippen molar-refractivity contribution in [2.45, 2.75) is 19.4 Å². The molecule has 0 aliphatic carbocycles. The fourth-order valence-electron chi connectivity index (χ4n) is 4.33. The summed E-state index contributed by atoms with van der Waals surface area (Å²) in [4.78, 5) is 18.9. The second kappa shape index (κ2) is 7.09. The predicted octanol–water partition coefficient (Wildman–Crippen LogP) is 2.55. The Morgan fingerprint density at radius 1 is 1.17 bits per heavy atom. The molecule has 0 radical (unpaired) electrons. The first-order chi connectivity index (χ1) is 14.5. The summed E-state index contributed by atoms with van der Waals surface area (Å²) in [6.07, 6.45) is 4.02. The van der Waals surface area contributed by atoms with Gasteiger partial charge >= 0.3 is 0 Å². The minimum absolute atomic E-state index is 0.0903. The zero-order valence-electron chi connectivity index (χ0n) is 16.8. The third kappa shape index (κ3) is 2.98. The zero-order chi connectivity index (χ0) is 20.8. The highest BCUT2D eigenvalue weighted by molar-refractivity contribution is 6.32. The molecule has 0 saturated heterocycles. The van der Waals surface area contributed by atoms with E-state index in [-0.39, 0.29) is 11.9 Å². The van der Waals surface area contributed by atoms with Crippen LogP contribution in [0.3, 0.4) is 0 Å². The number of halogens is 1. The highest BCUT2D eigenvalue weighted by atomic mass is 19.1. The Bertz CT molecular complexity index is 1290. The average molecular weight is 398 g/mol. The Hall–Kier alpha value is -3.48. The molecule has 148 valence electrons. The fourth-order valence-corrected chi connectivity index (χ4v) is 4.33. The van der Waals surface area contributed by atoms with Crippen molar-refractivity contribution in [1.29, 1.82) is 0 Å². The Morgan fingerprint density at radius 3 is 2.83 bits per heavy atom. The first-order valence-corrected chi connectivity index (χ1v) is 10.0. The summed E-state index contributed by atoms with van der Waals surface area (Å²) in [5, 5.41) is 4.48. The molecular weight excluding hydrogens is 378 g/mol. The molecule has 3 aromatic heterocycles. The van der Waals surface area contributed by atoms with Crippen molar-refractivity contribution in [3.8, 4) is 11.1 Å². The van der Waals surface area contributed by atoms with Crippen LogP contribution in [-0.2, 0) is 6.42 Å². The molecule has 1 unspecified atom stereocenters. The zero-order valence-corrected chi connectivity index (χ0v) is 16.8. The summed E-state index contributed by atoms with van der Waals surface area (Å²) in [5.41, 5.74) is 5.87. The number of nitrogens with zero attached hydrogens (tertiary/aromatic N) is 4. The summed E-state index contributed by atoms with van der Waals surface area (Å²) >= 11 is 0. The molecule has 5 nitrogen and oxygen atoms in total. The number of amides is 1. The molecule has 30 heavy (non-hydrogen) atoms. The minimum Gasteiger partial charge on any atom is -0.330 e. The van der Waals surface area contributed by atoms with Crippen molar-refractivity contribution in [2.24, 2.45) is 0 Å². The van der Waals surface area contributed by atoms with Crippen molar-refractivity contribution in [1.82, 2.24) is 19.5 Å². The number of carbonyl (C=O) groups excluding carboxylic acids is 1. The summed E-state index contributed by atoms with van der Waals surface area (Å²) in [6, 6.07) is 15.0. The van der Waals surface area contributed by atoms with Crippen LogP contribution in [0.1, 0.15) is 34.6 Å². The maximum atomic E-state index is 14.3. The smallest absolute Gasteiger partial charge is 0.274 e. The molecule has 0 spiro atoms. The van der Waals surface area contributed by atoms with Gasteiger partial charge in [-0.25, -0.2) is 9.50 Å². The SMILES string of the molecule is Bc1ccc2cc(C(=O)N3CCc4c(-c5cccnc5F)cccc4C3C)nn2c1. The van der Waals surface area contributed by atoms with Crippen molar-refractivity contribution < 1.29 is 9.18 Å². The van der Waals surface area contributed by atoms with E-state index >= 15 is 0 Å². The highest BCUT2D eigenvalue weighted by Gasteiger charge is 2.31. The van der Waals surface area contributed by atoms with Gasteiger partial charge in [-0.15, -0.1) is 0 Å². The molecule has 0 saturated carbocycles. The largest absolute Gasteiger partial charge is 0.330 e. The van der Waals surface area contributed by atoms with Crippen LogP contribution in [0.2, 0.25) is 0 Å². The lowest BCUT2D eigenvalue weighted by Gasteiger charge is -2.36. The molecule has 4 aromatic rings. The maximum Gasteiger partial charge on any atom is 0.274 e.